The maximum Gasteiger partial charge on any atom is 0.331 e. The average Bonchev–Trinajstić information content (AvgIpc) is 3.22. The summed E-state index contributed by atoms with van der Waals surface area (Å²) in [4.78, 5) is 25.8. The van der Waals surface area contributed by atoms with E-state index < -0.39 is 11.9 Å². The third-order valence-electron chi connectivity index (χ3n) is 3.94. The Morgan fingerprint density at radius 3 is 2.52 bits per heavy atom. The number of ether oxygens (including phenoxy) is 1. The first kappa shape index (κ1) is 20.1. The summed E-state index contributed by atoms with van der Waals surface area (Å²) in [7, 11) is 0. The summed E-state index contributed by atoms with van der Waals surface area (Å²) in [5, 5.41) is 11.3. The largest absolute Gasteiger partial charge is 0.452 e. The number of rotatable bonds is 7. The highest BCUT2D eigenvalue weighted by atomic mass is 32.1. The maximum atomic E-state index is 11.9. The number of carbonyl (C=O) groups excluding carboxylic acids is 2. The van der Waals surface area contributed by atoms with E-state index in [2.05, 4.69) is 11.4 Å². The van der Waals surface area contributed by atoms with Crippen molar-refractivity contribution in [3.05, 3.63) is 83.2 Å². The molecule has 0 atom stereocenters. The first-order valence-corrected chi connectivity index (χ1v) is 9.71. The number of nitrogens with one attached hydrogen (secondary N) is 1. The second-order valence-corrected chi connectivity index (χ2v) is 7.20. The molecule has 0 fully saturated rings. The van der Waals surface area contributed by atoms with E-state index in [1.54, 1.807) is 41.7 Å². The Bertz CT molecular complexity index is 1050. The lowest BCUT2D eigenvalue weighted by Crippen LogP contribution is -2.20. The van der Waals surface area contributed by atoms with Gasteiger partial charge in [-0.1, -0.05) is 42.5 Å². The van der Waals surface area contributed by atoms with Gasteiger partial charge in [-0.05, 0) is 41.5 Å². The molecule has 0 spiro atoms. The van der Waals surface area contributed by atoms with Gasteiger partial charge in [-0.3, -0.25) is 4.79 Å². The maximum absolute atomic E-state index is 11.9. The van der Waals surface area contributed by atoms with Crippen molar-refractivity contribution in [3.8, 4) is 16.5 Å². The van der Waals surface area contributed by atoms with Crippen molar-refractivity contribution in [2.24, 2.45) is 0 Å². The molecule has 0 saturated heterocycles. The molecule has 2 aromatic carbocycles. The van der Waals surface area contributed by atoms with Crippen molar-refractivity contribution < 1.29 is 14.3 Å². The van der Waals surface area contributed by atoms with Gasteiger partial charge in [0.05, 0.1) is 12.5 Å². The second kappa shape index (κ2) is 10.0. The summed E-state index contributed by atoms with van der Waals surface area (Å²) in [6.07, 6.45) is 3.30. The molecule has 6 heteroatoms. The number of hydrogen-bond acceptors (Lipinski definition) is 5. The molecule has 144 valence electrons. The van der Waals surface area contributed by atoms with Crippen LogP contribution < -0.4 is 5.32 Å². The normalized spacial score (nSPS) is 10.4. The van der Waals surface area contributed by atoms with Gasteiger partial charge < -0.3 is 10.1 Å². The van der Waals surface area contributed by atoms with Crippen LogP contribution in [0.15, 0.2) is 72.8 Å². The molecule has 1 N–H and O–H groups in total. The fourth-order valence-corrected chi connectivity index (χ4v) is 3.45. The lowest BCUT2D eigenvalue weighted by molar-refractivity contribution is -0.142. The first-order valence-electron chi connectivity index (χ1n) is 8.90. The van der Waals surface area contributed by atoms with Crippen LogP contribution in [-0.2, 0) is 20.7 Å². The van der Waals surface area contributed by atoms with Gasteiger partial charge in [-0.15, -0.1) is 11.3 Å². The predicted octanol–water partition coefficient (Wildman–Crippen LogP) is 4.68. The number of hydrogen-bond donors (Lipinski definition) is 1. The molecule has 0 aliphatic heterocycles. The summed E-state index contributed by atoms with van der Waals surface area (Å²) < 4.78 is 4.98. The molecule has 0 unspecified atom stereocenters. The second-order valence-electron chi connectivity index (χ2n) is 6.09. The highest BCUT2D eigenvalue weighted by Gasteiger charge is 2.06. The monoisotopic (exact) mass is 402 g/mol. The van der Waals surface area contributed by atoms with Gasteiger partial charge in [-0.25, -0.2) is 4.79 Å². The number of nitrogens with zero attached hydrogens (tertiary/aromatic N) is 1. The summed E-state index contributed by atoms with van der Waals surface area (Å²) in [5.74, 6) is -1.01. The van der Waals surface area contributed by atoms with E-state index in [1.165, 1.54) is 6.08 Å². The quantitative estimate of drug-likeness (QED) is 0.460. The molecule has 1 amide bonds. The third-order valence-corrected chi connectivity index (χ3v) is 5.03. The minimum atomic E-state index is -0.584. The Morgan fingerprint density at radius 1 is 1.03 bits per heavy atom. The number of benzene rings is 2. The fraction of sp³-hybridized carbons (Fsp3) is 0.0870. The van der Waals surface area contributed by atoms with E-state index in [0.717, 1.165) is 20.9 Å². The van der Waals surface area contributed by atoms with Gasteiger partial charge in [0.15, 0.2) is 6.61 Å². The van der Waals surface area contributed by atoms with Crippen molar-refractivity contribution >= 4 is 35.0 Å². The van der Waals surface area contributed by atoms with E-state index in [0.29, 0.717) is 12.1 Å². The average molecular weight is 402 g/mol. The van der Waals surface area contributed by atoms with Crippen molar-refractivity contribution in [2.45, 2.75) is 6.42 Å². The lowest BCUT2D eigenvalue weighted by atomic mass is 10.1. The zero-order chi connectivity index (χ0) is 20.5. The zero-order valence-electron chi connectivity index (χ0n) is 15.5. The van der Waals surface area contributed by atoms with Crippen LogP contribution in [0, 0.1) is 11.3 Å². The molecule has 0 aliphatic carbocycles. The summed E-state index contributed by atoms with van der Waals surface area (Å²) in [6.45, 7) is -0.372. The SMILES string of the molecule is N#CCc1ccc(NC(=O)COC(=O)/C=C\c2ccc(-c3ccccc3)s2)cc1. The van der Waals surface area contributed by atoms with Crippen molar-refractivity contribution in [1.82, 2.24) is 0 Å². The number of amides is 1. The Morgan fingerprint density at radius 2 is 1.79 bits per heavy atom. The van der Waals surface area contributed by atoms with Crippen LogP contribution >= 0.6 is 11.3 Å². The molecular weight excluding hydrogens is 384 g/mol. The minimum Gasteiger partial charge on any atom is -0.452 e. The van der Waals surface area contributed by atoms with Gasteiger partial charge in [0.2, 0.25) is 0 Å². The van der Waals surface area contributed by atoms with Crippen LogP contribution in [0.1, 0.15) is 10.4 Å². The third kappa shape index (κ3) is 6.16. The summed E-state index contributed by atoms with van der Waals surface area (Å²) >= 11 is 1.56. The molecule has 0 saturated carbocycles. The van der Waals surface area contributed by atoms with Crippen LogP contribution in [0.25, 0.3) is 16.5 Å². The van der Waals surface area contributed by atoms with Crippen LogP contribution in [0.2, 0.25) is 0 Å². The molecule has 3 rings (SSSR count). The Labute approximate surface area is 172 Å². The van der Waals surface area contributed by atoms with E-state index in [-0.39, 0.29) is 6.61 Å². The van der Waals surface area contributed by atoms with Crippen LogP contribution in [-0.4, -0.2) is 18.5 Å². The van der Waals surface area contributed by atoms with Crippen molar-refractivity contribution in [2.75, 3.05) is 11.9 Å². The standard InChI is InChI=1S/C23H18N2O3S/c24-15-14-17-6-8-19(9-7-17)25-22(26)16-28-23(27)13-11-20-10-12-21(29-20)18-4-2-1-3-5-18/h1-13H,14,16H2,(H,25,26)/b13-11-. The first-order chi connectivity index (χ1) is 14.1. The van der Waals surface area contributed by atoms with Gasteiger partial charge in [0.1, 0.15) is 0 Å². The van der Waals surface area contributed by atoms with Gasteiger partial charge in [-0.2, -0.15) is 5.26 Å². The van der Waals surface area contributed by atoms with Crippen LogP contribution in [0.5, 0.6) is 0 Å². The van der Waals surface area contributed by atoms with Crippen molar-refractivity contribution in [1.29, 1.82) is 5.26 Å². The minimum absolute atomic E-state index is 0.315. The van der Waals surface area contributed by atoms with Crippen LogP contribution in [0.4, 0.5) is 5.69 Å². The van der Waals surface area contributed by atoms with E-state index in [4.69, 9.17) is 10.00 Å². The topological polar surface area (TPSA) is 79.2 Å². The fourth-order valence-electron chi connectivity index (χ4n) is 2.53. The highest BCUT2D eigenvalue weighted by molar-refractivity contribution is 7.16. The Kier molecular flexibility index (Phi) is 6.93. The molecule has 1 aromatic heterocycles. The zero-order valence-corrected chi connectivity index (χ0v) is 16.3. The van der Waals surface area contributed by atoms with E-state index >= 15 is 0 Å². The van der Waals surface area contributed by atoms with E-state index in [1.807, 2.05) is 42.5 Å². The van der Waals surface area contributed by atoms with Crippen LogP contribution in [0.3, 0.4) is 0 Å². The molecule has 3 aromatic rings. The lowest BCUT2D eigenvalue weighted by Gasteiger charge is -2.05. The number of anilines is 1. The van der Waals surface area contributed by atoms with Gasteiger partial charge in [0.25, 0.3) is 5.91 Å². The molecule has 1 heterocycles. The van der Waals surface area contributed by atoms with E-state index in [9.17, 15) is 9.59 Å². The molecule has 0 bridgehead atoms. The number of nitriles is 1. The number of esters is 1. The van der Waals surface area contributed by atoms with Crippen molar-refractivity contribution in [3.63, 3.8) is 0 Å². The molecule has 0 radical (unpaired) electrons. The Hall–Kier alpha value is -3.69. The molecule has 29 heavy (non-hydrogen) atoms. The number of carbonyl (C=O) groups is 2. The molecule has 5 nitrogen and oxygen atoms in total. The highest BCUT2D eigenvalue weighted by Crippen LogP contribution is 2.28. The summed E-state index contributed by atoms with van der Waals surface area (Å²) in [6, 6.07) is 22.9. The molecular formula is C23H18N2O3S. The number of thiophene rings is 1. The van der Waals surface area contributed by atoms with Gasteiger partial charge in [0, 0.05) is 21.5 Å². The smallest absolute Gasteiger partial charge is 0.331 e. The predicted molar refractivity (Wildman–Crippen MR) is 114 cm³/mol. The van der Waals surface area contributed by atoms with Gasteiger partial charge >= 0.3 is 5.97 Å². The summed E-state index contributed by atoms with van der Waals surface area (Å²) in [5.41, 5.74) is 2.57. The Balaban J connectivity index is 1.46. The molecule has 0 aliphatic rings.